The molecule has 0 saturated heterocycles. The number of aliphatic hydroxyl groups is 1. The molecule has 5 nitrogen and oxygen atoms in total. The van der Waals surface area contributed by atoms with Gasteiger partial charge in [0.2, 0.25) is 0 Å². The summed E-state index contributed by atoms with van der Waals surface area (Å²) in [7, 11) is 1.86. The lowest BCUT2D eigenvalue weighted by atomic mass is 10.2. The van der Waals surface area contributed by atoms with Crippen LogP contribution < -0.4 is 10.6 Å². The first-order valence-corrected chi connectivity index (χ1v) is 5.04. The number of hydrogen-bond donors (Lipinski definition) is 3. The second-order valence-electron chi connectivity index (χ2n) is 3.22. The van der Waals surface area contributed by atoms with Gasteiger partial charge < -0.3 is 15.2 Å². The van der Waals surface area contributed by atoms with Gasteiger partial charge >= 0.3 is 6.09 Å². The molecule has 3 N–H and O–H groups in total. The number of hydrogen-bond acceptors (Lipinski definition) is 4. The summed E-state index contributed by atoms with van der Waals surface area (Å²) in [5.41, 5.74) is 1.75. The molecule has 0 aliphatic rings. The fourth-order valence-corrected chi connectivity index (χ4v) is 1.26. The smallest absolute Gasteiger partial charge is 0.411 e. The van der Waals surface area contributed by atoms with Crippen molar-refractivity contribution < 1.29 is 14.6 Å². The van der Waals surface area contributed by atoms with Crippen LogP contribution in [0.25, 0.3) is 0 Å². The largest absolute Gasteiger partial charge is 0.447 e. The highest BCUT2D eigenvalue weighted by atomic mass is 16.6. The number of nitrogens with one attached hydrogen (secondary N) is 2. The molecule has 0 aromatic heterocycles. The molecule has 1 aromatic carbocycles. The van der Waals surface area contributed by atoms with Gasteiger partial charge in [0.05, 0.1) is 6.61 Å². The quantitative estimate of drug-likeness (QED) is 0.696. The Balaban J connectivity index is 2.52. The zero-order chi connectivity index (χ0) is 11.8. The Morgan fingerprint density at radius 1 is 1.50 bits per heavy atom. The van der Waals surface area contributed by atoms with Crippen LogP contribution in [0, 0.1) is 0 Å². The molecule has 1 aromatic rings. The molecule has 0 radical (unpaired) electrons. The van der Waals surface area contributed by atoms with Gasteiger partial charge in [-0.3, -0.25) is 5.32 Å². The average Bonchev–Trinajstić information content (AvgIpc) is 2.27. The van der Waals surface area contributed by atoms with E-state index in [0.29, 0.717) is 5.69 Å². The number of carbonyl (C=O) groups is 1. The second-order valence-corrected chi connectivity index (χ2v) is 3.22. The van der Waals surface area contributed by atoms with E-state index in [1.807, 2.05) is 25.2 Å². The Kier molecular flexibility index (Phi) is 5.31. The van der Waals surface area contributed by atoms with Crippen LogP contribution in [0.1, 0.15) is 5.56 Å². The SMILES string of the molecule is CNCc1cccc(NC(=O)OCCO)c1. The molecule has 0 fully saturated rings. The average molecular weight is 224 g/mol. The van der Waals surface area contributed by atoms with E-state index in [-0.39, 0.29) is 13.2 Å². The predicted molar refractivity (Wildman–Crippen MR) is 61.3 cm³/mol. The Hall–Kier alpha value is -1.59. The second kappa shape index (κ2) is 6.81. The van der Waals surface area contributed by atoms with Gasteiger partial charge in [-0.25, -0.2) is 4.79 Å². The molecular weight excluding hydrogens is 208 g/mol. The summed E-state index contributed by atoms with van der Waals surface area (Å²) in [6, 6.07) is 7.45. The van der Waals surface area contributed by atoms with Crippen molar-refractivity contribution in [2.75, 3.05) is 25.6 Å². The summed E-state index contributed by atoms with van der Waals surface area (Å²) in [5, 5.41) is 14.1. The van der Waals surface area contributed by atoms with E-state index in [2.05, 4.69) is 15.4 Å². The number of carbonyl (C=O) groups excluding carboxylic acids is 1. The molecular formula is C11H16N2O3. The molecule has 0 bridgehead atoms. The Labute approximate surface area is 94.4 Å². The summed E-state index contributed by atoms with van der Waals surface area (Å²) in [6.07, 6.45) is -0.560. The number of amides is 1. The highest BCUT2D eigenvalue weighted by Gasteiger charge is 2.02. The van der Waals surface area contributed by atoms with E-state index in [9.17, 15) is 4.79 Å². The topological polar surface area (TPSA) is 70.6 Å². The lowest BCUT2D eigenvalue weighted by molar-refractivity contribution is 0.131. The van der Waals surface area contributed by atoms with Crippen molar-refractivity contribution in [3.63, 3.8) is 0 Å². The van der Waals surface area contributed by atoms with Crippen LogP contribution in [0.4, 0.5) is 10.5 Å². The van der Waals surface area contributed by atoms with Gasteiger partial charge in [0.1, 0.15) is 6.61 Å². The van der Waals surface area contributed by atoms with Gasteiger partial charge in [-0.2, -0.15) is 0 Å². The Morgan fingerprint density at radius 2 is 2.31 bits per heavy atom. The standard InChI is InChI=1S/C11H16N2O3/c1-12-8-9-3-2-4-10(7-9)13-11(15)16-6-5-14/h2-4,7,12,14H,5-6,8H2,1H3,(H,13,15). The lowest BCUT2D eigenvalue weighted by Gasteiger charge is -2.07. The van der Waals surface area contributed by atoms with Crippen molar-refractivity contribution in [2.45, 2.75) is 6.54 Å². The lowest BCUT2D eigenvalue weighted by Crippen LogP contribution is -2.16. The maximum absolute atomic E-state index is 11.2. The normalized spacial score (nSPS) is 9.88. The molecule has 16 heavy (non-hydrogen) atoms. The minimum atomic E-state index is -0.560. The molecule has 1 rings (SSSR count). The third-order valence-corrected chi connectivity index (χ3v) is 1.88. The maximum atomic E-state index is 11.2. The van der Waals surface area contributed by atoms with Gasteiger partial charge in [0.25, 0.3) is 0 Å². The van der Waals surface area contributed by atoms with Crippen molar-refractivity contribution in [3.05, 3.63) is 29.8 Å². The molecule has 0 atom stereocenters. The first kappa shape index (κ1) is 12.5. The summed E-state index contributed by atoms with van der Waals surface area (Å²) in [4.78, 5) is 11.2. The number of benzene rings is 1. The van der Waals surface area contributed by atoms with Crippen LogP contribution >= 0.6 is 0 Å². The van der Waals surface area contributed by atoms with Crippen LogP contribution in [0.15, 0.2) is 24.3 Å². The van der Waals surface area contributed by atoms with E-state index in [1.54, 1.807) is 6.07 Å². The van der Waals surface area contributed by atoms with E-state index in [1.165, 1.54) is 0 Å². The van der Waals surface area contributed by atoms with Gasteiger partial charge in [-0.15, -0.1) is 0 Å². The van der Waals surface area contributed by atoms with Gasteiger partial charge in [-0.1, -0.05) is 12.1 Å². The van der Waals surface area contributed by atoms with Gasteiger partial charge in [-0.05, 0) is 24.7 Å². The summed E-state index contributed by atoms with van der Waals surface area (Å²) < 4.78 is 4.68. The monoisotopic (exact) mass is 224 g/mol. The first-order valence-electron chi connectivity index (χ1n) is 5.04. The highest BCUT2D eigenvalue weighted by Crippen LogP contribution is 2.10. The maximum Gasteiger partial charge on any atom is 0.411 e. The number of ether oxygens (including phenoxy) is 1. The first-order chi connectivity index (χ1) is 7.76. The predicted octanol–water partition coefficient (Wildman–Crippen LogP) is 0.947. The van der Waals surface area contributed by atoms with Crippen LogP contribution in [0.5, 0.6) is 0 Å². The van der Waals surface area contributed by atoms with Crippen molar-refractivity contribution >= 4 is 11.8 Å². The molecule has 0 aliphatic heterocycles. The van der Waals surface area contributed by atoms with E-state index < -0.39 is 6.09 Å². The fourth-order valence-electron chi connectivity index (χ4n) is 1.26. The third kappa shape index (κ3) is 4.29. The van der Waals surface area contributed by atoms with Crippen molar-refractivity contribution in [1.82, 2.24) is 5.32 Å². The summed E-state index contributed by atoms with van der Waals surface area (Å²) in [6.45, 7) is 0.566. The van der Waals surface area contributed by atoms with E-state index in [0.717, 1.165) is 12.1 Å². The zero-order valence-electron chi connectivity index (χ0n) is 9.19. The Bertz CT molecular complexity index is 342. The molecule has 0 heterocycles. The van der Waals surface area contributed by atoms with Gasteiger partial charge in [0.15, 0.2) is 0 Å². The summed E-state index contributed by atoms with van der Waals surface area (Å²) in [5.74, 6) is 0. The van der Waals surface area contributed by atoms with Crippen LogP contribution in [0.3, 0.4) is 0 Å². The molecule has 0 saturated carbocycles. The third-order valence-electron chi connectivity index (χ3n) is 1.88. The minimum Gasteiger partial charge on any atom is -0.447 e. The molecule has 0 unspecified atom stereocenters. The summed E-state index contributed by atoms with van der Waals surface area (Å²) >= 11 is 0. The van der Waals surface area contributed by atoms with Gasteiger partial charge in [0, 0.05) is 12.2 Å². The molecule has 0 aliphatic carbocycles. The van der Waals surface area contributed by atoms with Crippen molar-refractivity contribution in [1.29, 1.82) is 0 Å². The Morgan fingerprint density at radius 3 is 3.00 bits per heavy atom. The minimum absolute atomic E-state index is 0.00202. The number of aliphatic hydroxyl groups excluding tert-OH is 1. The molecule has 5 heteroatoms. The zero-order valence-corrected chi connectivity index (χ0v) is 9.19. The van der Waals surface area contributed by atoms with E-state index >= 15 is 0 Å². The molecule has 88 valence electrons. The van der Waals surface area contributed by atoms with Crippen molar-refractivity contribution in [2.24, 2.45) is 0 Å². The van der Waals surface area contributed by atoms with Crippen LogP contribution in [-0.2, 0) is 11.3 Å². The van der Waals surface area contributed by atoms with Crippen LogP contribution in [0.2, 0.25) is 0 Å². The number of anilines is 1. The van der Waals surface area contributed by atoms with E-state index in [4.69, 9.17) is 5.11 Å². The highest BCUT2D eigenvalue weighted by molar-refractivity contribution is 5.84. The van der Waals surface area contributed by atoms with Crippen LogP contribution in [-0.4, -0.2) is 31.5 Å². The molecule has 0 spiro atoms. The fraction of sp³-hybridized carbons (Fsp3) is 0.364. The van der Waals surface area contributed by atoms with Crippen molar-refractivity contribution in [3.8, 4) is 0 Å². The molecule has 1 amide bonds. The number of rotatable bonds is 5.